The molecule has 28 heavy (non-hydrogen) atoms. The number of anilines is 1. The van der Waals surface area contributed by atoms with Crippen LogP contribution >= 0.6 is 0 Å². The molecule has 2 aromatic rings. The van der Waals surface area contributed by atoms with Crippen molar-refractivity contribution in [2.45, 2.75) is 12.5 Å². The first-order chi connectivity index (χ1) is 13.6. The Hall–Kier alpha value is -3.06. The molecule has 0 bridgehead atoms. The van der Waals surface area contributed by atoms with E-state index in [9.17, 15) is 9.59 Å². The summed E-state index contributed by atoms with van der Waals surface area (Å²) in [7, 11) is 3.40. The maximum atomic E-state index is 12.5. The molecule has 0 radical (unpaired) electrons. The minimum Gasteiger partial charge on any atom is -0.497 e. The highest BCUT2D eigenvalue weighted by molar-refractivity contribution is 5.94. The highest BCUT2D eigenvalue weighted by Gasteiger charge is 2.23. The van der Waals surface area contributed by atoms with Crippen molar-refractivity contribution in [3.05, 3.63) is 54.1 Å². The second-order valence-electron chi connectivity index (χ2n) is 6.66. The van der Waals surface area contributed by atoms with Crippen molar-refractivity contribution < 1.29 is 19.1 Å². The molecule has 2 N–H and O–H groups in total. The van der Waals surface area contributed by atoms with Crippen LogP contribution in [-0.2, 0) is 4.79 Å². The van der Waals surface area contributed by atoms with Crippen LogP contribution in [0.4, 0.5) is 5.69 Å². The van der Waals surface area contributed by atoms with E-state index in [0.29, 0.717) is 22.7 Å². The Balaban J connectivity index is 1.51. The standard InChI is InChI=1S/C21H25N3O4/c1-24(17-10-11-22-13-17)21(26)15-6-8-18(9-7-15)28-14-20(25)23-16-4-3-5-19(12-16)27-2/h3-9,12,17,22H,10-11,13-14H2,1-2H3,(H,23,25). The third-order valence-electron chi connectivity index (χ3n) is 4.73. The summed E-state index contributed by atoms with van der Waals surface area (Å²) in [6.45, 7) is 1.64. The molecule has 1 saturated heterocycles. The highest BCUT2D eigenvalue weighted by Crippen LogP contribution is 2.18. The van der Waals surface area contributed by atoms with Gasteiger partial charge in [0.05, 0.1) is 7.11 Å². The van der Waals surface area contributed by atoms with Gasteiger partial charge in [-0.2, -0.15) is 0 Å². The van der Waals surface area contributed by atoms with E-state index in [-0.39, 0.29) is 24.5 Å². The number of hydrogen-bond acceptors (Lipinski definition) is 5. The Morgan fingerprint density at radius 3 is 2.64 bits per heavy atom. The van der Waals surface area contributed by atoms with Gasteiger partial charge in [0.1, 0.15) is 11.5 Å². The van der Waals surface area contributed by atoms with E-state index < -0.39 is 0 Å². The Kier molecular flexibility index (Phi) is 6.49. The molecule has 0 aliphatic carbocycles. The summed E-state index contributed by atoms with van der Waals surface area (Å²) in [5.74, 6) is 0.901. The van der Waals surface area contributed by atoms with Crippen molar-refractivity contribution in [2.75, 3.05) is 39.2 Å². The van der Waals surface area contributed by atoms with Gasteiger partial charge in [0.25, 0.3) is 11.8 Å². The topological polar surface area (TPSA) is 79.9 Å². The number of benzene rings is 2. The average molecular weight is 383 g/mol. The zero-order chi connectivity index (χ0) is 19.9. The van der Waals surface area contributed by atoms with Crippen LogP contribution in [0.1, 0.15) is 16.8 Å². The third kappa shape index (κ3) is 5.01. The van der Waals surface area contributed by atoms with Gasteiger partial charge in [-0.1, -0.05) is 6.07 Å². The van der Waals surface area contributed by atoms with Gasteiger partial charge in [-0.05, 0) is 49.4 Å². The number of rotatable bonds is 7. The Bertz CT molecular complexity index is 817. The highest BCUT2D eigenvalue weighted by atomic mass is 16.5. The second-order valence-corrected chi connectivity index (χ2v) is 6.66. The predicted molar refractivity (Wildman–Crippen MR) is 107 cm³/mol. The number of methoxy groups -OCH3 is 1. The zero-order valence-corrected chi connectivity index (χ0v) is 16.1. The summed E-state index contributed by atoms with van der Waals surface area (Å²) in [5, 5.41) is 6.01. The molecule has 2 amide bonds. The summed E-state index contributed by atoms with van der Waals surface area (Å²) < 4.78 is 10.6. The van der Waals surface area contributed by atoms with Crippen LogP contribution in [0.15, 0.2) is 48.5 Å². The van der Waals surface area contributed by atoms with Crippen LogP contribution in [-0.4, -0.2) is 56.6 Å². The molecule has 1 aliphatic rings. The van der Waals surface area contributed by atoms with E-state index >= 15 is 0 Å². The van der Waals surface area contributed by atoms with E-state index in [1.807, 2.05) is 7.05 Å². The van der Waals surface area contributed by atoms with Crippen LogP contribution in [0.2, 0.25) is 0 Å². The fourth-order valence-corrected chi connectivity index (χ4v) is 3.08. The van der Waals surface area contributed by atoms with Crippen LogP contribution in [0.25, 0.3) is 0 Å². The molecule has 0 spiro atoms. The lowest BCUT2D eigenvalue weighted by Crippen LogP contribution is -2.38. The molecule has 0 aromatic heterocycles. The Morgan fingerprint density at radius 1 is 1.18 bits per heavy atom. The first-order valence-electron chi connectivity index (χ1n) is 9.21. The fourth-order valence-electron chi connectivity index (χ4n) is 3.08. The van der Waals surface area contributed by atoms with Gasteiger partial charge < -0.3 is 25.0 Å². The second kappa shape index (κ2) is 9.23. The van der Waals surface area contributed by atoms with Gasteiger partial charge in [0.2, 0.25) is 0 Å². The maximum absolute atomic E-state index is 12.5. The number of ether oxygens (including phenoxy) is 2. The van der Waals surface area contributed by atoms with Crippen LogP contribution in [0, 0.1) is 0 Å². The van der Waals surface area contributed by atoms with Crippen molar-refractivity contribution in [3.63, 3.8) is 0 Å². The summed E-state index contributed by atoms with van der Waals surface area (Å²) in [6.07, 6.45) is 0.964. The molecule has 1 atom stereocenters. The van der Waals surface area contributed by atoms with Crippen LogP contribution in [0.3, 0.4) is 0 Å². The predicted octanol–water partition coefficient (Wildman–Crippen LogP) is 2.15. The lowest BCUT2D eigenvalue weighted by Gasteiger charge is -2.23. The van der Waals surface area contributed by atoms with Crippen molar-refractivity contribution in [3.8, 4) is 11.5 Å². The number of likely N-dealkylation sites (N-methyl/N-ethyl adjacent to an activating group) is 1. The molecule has 1 heterocycles. The van der Waals surface area contributed by atoms with Gasteiger partial charge in [0, 0.05) is 37.0 Å². The van der Waals surface area contributed by atoms with E-state index in [0.717, 1.165) is 19.5 Å². The van der Waals surface area contributed by atoms with Gasteiger partial charge in [-0.3, -0.25) is 9.59 Å². The summed E-state index contributed by atoms with van der Waals surface area (Å²) in [4.78, 5) is 26.4. The van der Waals surface area contributed by atoms with Gasteiger partial charge in [-0.15, -0.1) is 0 Å². The molecule has 0 saturated carbocycles. The van der Waals surface area contributed by atoms with Crippen molar-refractivity contribution in [2.24, 2.45) is 0 Å². The summed E-state index contributed by atoms with van der Waals surface area (Å²) in [6, 6.07) is 14.2. The normalized spacial score (nSPS) is 15.7. The van der Waals surface area contributed by atoms with Crippen molar-refractivity contribution in [1.29, 1.82) is 0 Å². The zero-order valence-electron chi connectivity index (χ0n) is 16.1. The SMILES string of the molecule is COc1cccc(NC(=O)COc2ccc(C(=O)N(C)C3CCNC3)cc2)c1. The first-order valence-corrected chi connectivity index (χ1v) is 9.21. The monoisotopic (exact) mass is 383 g/mol. The number of carbonyl (C=O) groups excluding carboxylic acids is 2. The lowest BCUT2D eigenvalue weighted by molar-refractivity contribution is -0.118. The molecular formula is C21H25N3O4. The largest absolute Gasteiger partial charge is 0.497 e. The molecule has 1 fully saturated rings. The molecule has 7 nitrogen and oxygen atoms in total. The lowest BCUT2D eigenvalue weighted by atomic mass is 10.1. The molecule has 2 aromatic carbocycles. The number of hydrogen-bond donors (Lipinski definition) is 2. The molecule has 1 aliphatic heterocycles. The molecule has 7 heteroatoms. The third-order valence-corrected chi connectivity index (χ3v) is 4.73. The van der Waals surface area contributed by atoms with E-state index in [4.69, 9.17) is 9.47 Å². The molecular weight excluding hydrogens is 358 g/mol. The average Bonchev–Trinajstić information content (AvgIpc) is 3.26. The minimum absolute atomic E-state index is 0.0176. The molecule has 1 unspecified atom stereocenters. The van der Waals surface area contributed by atoms with E-state index in [2.05, 4.69) is 10.6 Å². The van der Waals surface area contributed by atoms with Gasteiger partial charge in [-0.25, -0.2) is 0 Å². The molecule has 148 valence electrons. The van der Waals surface area contributed by atoms with Crippen LogP contribution in [0.5, 0.6) is 11.5 Å². The smallest absolute Gasteiger partial charge is 0.262 e. The first kappa shape index (κ1) is 19.7. The van der Waals surface area contributed by atoms with E-state index in [1.54, 1.807) is 60.5 Å². The van der Waals surface area contributed by atoms with Crippen molar-refractivity contribution >= 4 is 17.5 Å². The number of amides is 2. The fraction of sp³-hybridized carbons (Fsp3) is 0.333. The Labute approximate surface area is 164 Å². The quantitative estimate of drug-likeness (QED) is 0.766. The maximum Gasteiger partial charge on any atom is 0.262 e. The summed E-state index contributed by atoms with van der Waals surface area (Å²) >= 11 is 0. The van der Waals surface area contributed by atoms with Crippen molar-refractivity contribution in [1.82, 2.24) is 10.2 Å². The van der Waals surface area contributed by atoms with Crippen LogP contribution < -0.4 is 20.1 Å². The summed E-state index contributed by atoms with van der Waals surface area (Å²) in [5.41, 5.74) is 1.24. The van der Waals surface area contributed by atoms with Gasteiger partial charge >= 0.3 is 0 Å². The minimum atomic E-state index is -0.276. The Morgan fingerprint density at radius 2 is 1.96 bits per heavy atom. The number of nitrogens with zero attached hydrogens (tertiary/aromatic N) is 1. The molecule has 3 rings (SSSR count). The number of nitrogens with one attached hydrogen (secondary N) is 2. The van der Waals surface area contributed by atoms with Gasteiger partial charge in [0.15, 0.2) is 6.61 Å². The van der Waals surface area contributed by atoms with E-state index in [1.165, 1.54) is 0 Å². The number of carbonyl (C=O) groups is 2.